The molecule has 0 saturated carbocycles. The maximum absolute atomic E-state index is 12.3. The molecule has 8 heteroatoms. The van der Waals surface area contributed by atoms with E-state index in [1.54, 1.807) is 37.3 Å². The highest BCUT2D eigenvalue weighted by atomic mass is 16.6. The lowest BCUT2D eigenvalue weighted by atomic mass is 10.1. The molecule has 0 saturated heterocycles. The van der Waals surface area contributed by atoms with E-state index in [0.717, 1.165) is 5.56 Å². The number of hydrogen-bond acceptors (Lipinski definition) is 6. The van der Waals surface area contributed by atoms with Crippen LogP contribution in [0.5, 0.6) is 17.2 Å². The molecule has 2 aromatic rings. The summed E-state index contributed by atoms with van der Waals surface area (Å²) >= 11 is 0. The number of nitro groups is 1. The third-order valence-electron chi connectivity index (χ3n) is 4.09. The Morgan fingerprint density at radius 2 is 1.71 bits per heavy atom. The summed E-state index contributed by atoms with van der Waals surface area (Å²) in [7, 11) is 4.54. The predicted molar refractivity (Wildman–Crippen MR) is 105 cm³/mol. The highest BCUT2D eigenvalue weighted by Crippen LogP contribution is 2.39. The first kappa shape index (κ1) is 20.8. The molecule has 8 nitrogen and oxygen atoms in total. The third-order valence-corrected chi connectivity index (χ3v) is 4.09. The molecule has 0 aliphatic rings. The van der Waals surface area contributed by atoms with E-state index in [0.29, 0.717) is 22.8 Å². The Hall–Kier alpha value is -3.55. The van der Waals surface area contributed by atoms with Gasteiger partial charge in [-0.25, -0.2) is 0 Å². The van der Waals surface area contributed by atoms with Gasteiger partial charge in [0.05, 0.1) is 37.9 Å². The van der Waals surface area contributed by atoms with Crippen LogP contribution in [0.4, 0.5) is 5.69 Å². The minimum Gasteiger partial charge on any atom is -0.493 e. The maximum atomic E-state index is 12.3. The van der Waals surface area contributed by atoms with E-state index in [4.69, 9.17) is 14.2 Å². The van der Waals surface area contributed by atoms with Gasteiger partial charge in [-0.05, 0) is 36.8 Å². The van der Waals surface area contributed by atoms with Gasteiger partial charge in [-0.3, -0.25) is 14.9 Å². The fourth-order valence-corrected chi connectivity index (χ4v) is 2.66. The van der Waals surface area contributed by atoms with Crippen molar-refractivity contribution in [1.29, 1.82) is 0 Å². The van der Waals surface area contributed by atoms with Gasteiger partial charge >= 0.3 is 0 Å². The highest BCUT2D eigenvalue weighted by molar-refractivity contribution is 5.92. The van der Waals surface area contributed by atoms with Crippen LogP contribution in [-0.4, -0.2) is 32.2 Å². The van der Waals surface area contributed by atoms with Gasteiger partial charge in [0.1, 0.15) is 0 Å². The SMILES string of the molecule is COc1cc(C(C)NC(=O)C=Cc2ccccc2[N+](=O)[O-])cc(OC)c1OC. The van der Waals surface area contributed by atoms with Crippen LogP contribution in [0, 0.1) is 10.1 Å². The zero-order chi connectivity index (χ0) is 20.7. The number of benzene rings is 2. The van der Waals surface area contributed by atoms with Gasteiger partial charge in [0.15, 0.2) is 11.5 Å². The van der Waals surface area contributed by atoms with E-state index in [2.05, 4.69) is 5.32 Å². The number of para-hydroxylation sites is 1. The number of ether oxygens (including phenoxy) is 3. The molecule has 0 aliphatic heterocycles. The lowest BCUT2D eigenvalue weighted by Gasteiger charge is -2.18. The van der Waals surface area contributed by atoms with Crippen molar-refractivity contribution in [2.45, 2.75) is 13.0 Å². The van der Waals surface area contributed by atoms with Crippen LogP contribution in [0.3, 0.4) is 0 Å². The molecule has 0 aliphatic carbocycles. The monoisotopic (exact) mass is 386 g/mol. The maximum Gasteiger partial charge on any atom is 0.276 e. The van der Waals surface area contributed by atoms with Gasteiger partial charge < -0.3 is 19.5 Å². The Kier molecular flexibility index (Phi) is 6.97. The summed E-state index contributed by atoms with van der Waals surface area (Å²) in [5, 5.41) is 13.8. The second kappa shape index (κ2) is 9.40. The van der Waals surface area contributed by atoms with E-state index in [-0.39, 0.29) is 17.6 Å². The van der Waals surface area contributed by atoms with Crippen molar-refractivity contribution in [3.8, 4) is 17.2 Å². The predicted octanol–water partition coefficient (Wildman–Crippen LogP) is 3.51. The number of carbonyl (C=O) groups excluding carboxylic acids is 1. The standard InChI is InChI=1S/C20H22N2O6/c1-13(15-11-17(26-2)20(28-4)18(12-15)27-3)21-19(23)10-9-14-7-5-6-8-16(14)22(24)25/h5-13H,1-4H3,(H,21,23). The van der Waals surface area contributed by atoms with Crippen LogP contribution in [0.2, 0.25) is 0 Å². The largest absolute Gasteiger partial charge is 0.493 e. The van der Waals surface area contributed by atoms with Crippen molar-refractivity contribution in [3.63, 3.8) is 0 Å². The normalized spacial score (nSPS) is 11.7. The lowest BCUT2D eigenvalue weighted by Crippen LogP contribution is -2.24. The second-order valence-electron chi connectivity index (χ2n) is 5.84. The fourth-order valence-electron chi connectivity index (χ4n) is 2.66. The molecule has 2 aromatic carbocycles. The fraction of sp³-hybridized carbons (Fsp3) is 0.250. The molecule has 1 atom stereocenters. The molecular weight excluding hydrogens is 364 g/mol. The van der Waals surface area contributed by atoms with E-state index >= 15 is 0 Å². The van der Waals surface area contributed by atoms with Gasteiger partial charge in [0, 0.05) is 12.1 Å². The summed E-state index contributed by atoms with van der Waals surface area (Å²) in [6.07, 6.45) is 2.67. The smallest absolute Gasteiger partial charge is 0.276 e. The highest BCUT2D eigenvalue weighted by Gasteiger charge is 2.17. The van der Waals surface area contributed by atoms with E-state index in [1.807, 2.05) is 0 Å². The van der Waals surface area contributed by atoms with Crippen molar-refractivity contribution in [2.24, 2.45) is 0 Å². The Bertz CT molecular complexity index is 869. The molecule has 0 radical (unpaired) electrons. The zero-order valence-corrected chi connectivity index (χ0v) is 16.1. The van der Waals surface area contributed by atoms with Crippen LogP contribution in [0.15, 0.2) is 42.5 Å². The summed E-state index contributed by atoms with van der Waals surface area (Å²) in [6.45, 7) is 1.80. The average Bonchev–Trinajstić information content (AvgIpc) is 2.70. The van der Waals surface area contributed by atoms with Crippen LogP contribution in [0.1, 0.15) is 24.1 Å². The summed E-state index contributed by atoms with van der Waals surface area (Å²) in [4.78, 5) is 22.8. The number of carbonyl (C=O) groups is 1. The summed E-state index contributed by atoms with van der Waals surface area (Å²) < 4.78 is 15.9. The Balaban J connectivity index is 2.18. The molecule has 0 spiro atoms. The molecule has 0 fully saturated rings. The molecule has 1 unspecified atom stereocenters. The number of amides is 1. The first-order chi connectivity index (χ1) is 13.4. The average molecular weight is 386 g/mol. The lowest BCUT2D eigenvalue weighted by molar-refractivity contribution is -0.385. The number of nitro benzene ring substituents is 1. The van der Waals surface area contributed by atoms with Crippen molar-refractivity contribution in [3.05, 3.63) is 63.7 Å². The van der Waals surface area contributed by atoms with Gasteiger partial charge in [-0.15, -0.1) is 0 Å². The van der Waals surface area contributed by atoms with E-state index < -0.39 is 4.92 Å². The zero-order valence-electron chi connectivity index (χ0n) is 16.1. The van der Waals surface area contributed by atoms with Crippen LogP contribution in [0.25, 0.3) is 6.08 Å². The summed E-state index contributed by atoms with van der Waals surface area (Å²) in [5.74, 6) is 1.03. The van der Waals surface area contributed by atoms with Gasteiger partial charge in [-0.1, -0.05) is 12.1 Å². The Morgan fingerprint density at radius 1 is 1.11 bits per heavy atom. The second-order valence-corrected chi connectivity index (χ2v) is 5.84. The first-order valence-electron chi connectivity index (χ1n) is 8.43. The van der Waals surface area contributed by atoms with Crippen LogP contribution < -0.4 is 19.5 Å². The molecule has 0 bridgehead atoms. The summed E-state index contributed by atoms with van der Waals surface area (Å²) in [6, 6.07) is 9.33. The number of hydrogen-bond donors (Lipinski definition) is 1. The molecular formula is C20H22N2O6. The molecule has 0 heterocycles. The first-order valence-corrected chi connectivity index (χ1v) is 8.43. The minimum atomic E-state index is -0.490. The molecule has 1 N–H and O–H groups in total. The summed E-state index contributed by atoms with van der Waals surface area (Å²) in [5.41, 5.74) is 1.04. The Morgan fingerprint density at radius 3 is 2.25 bits per heavy atom. The molecule has 1 amide bonds. The number of rotatable bonds is 8. The number of nitrogens with one attached hydrogen (secondary N) is 1. The van der Waals surface area contributed by atoms with E-state index in [9.17, 15) is 14.9 Å². The van der Waals surface area contributed by atoms with Crippen molar-refractivity contribution < 1.29 is 23.9 Å². The third kappa shape index (κ3) is 4.79. The topological polar surface area (TPSA) is 99.9 Å². The van der Waals surface area contributed by atoms with Gasteiger partial charge in [0.25, 0.3) is 5.69 Å². The quantitative estimate of drug-likeness (QED) is 0.423. The molecule has 28 heavy (non-hydrogen) atoms. The minimum absolute atomic E-state index is 0.0655. The van der Waals surface area contributed by atoms with Gasteiger partial charge in [0.2, 0.25) is 11.7 Å². The van der Waals surface area contributed by atoms with Crippen molar-refractivity contribution in [2.75, 3.05) is 21.3 Å². The number of nitrogens with zero attached hydrogens (tertiary/aromatic N) is 1. The van der Waals surface area contributed by atoms with Crippen LogP contribution in [-0.2, 0) is 4.79 Å². The molecule has 148 valence electrons. The molecule has 2 rings (SSSR count). The van der Waals surface area contributed by atoms with Crippen molar-refractivity contribution in [1.82, 2.24) is 5.32 Å². The Labute approximate surface area is 162 Å². The van der Waals surface area contributed by atoms with Crippen molar-refractivity contribution >= 4 is 17.7 Å². The van der Waals surface area contributed by atoms with Crippen LogP contribution >= 0.6 is 0 Å². The molecule has 0 aromatic heterocycles. The van der Waals surface area contributed by atoms with E-state index in [1.165, 1.54) is 39.5 Å². The van der Waals surface area contributed by atoms with Gasteiger partial charge in [-0.2, -0.15) is 0 Å². The number of methoxy groups -OCH3 is 3.